The summed E-state index contributed by atoms with van der Waals surface area (Å²) >= 11 is 0. The van der Waals surface area contributed by atoms with Gasteiger partial charge in [-0.2, -0.15) is 0 Å². The van der Waals surface area contributed by atoms with Crippen molar-refractivity contribution in [2.45, 2.75) is 74.7 Å². The highest BCUT2D eigenvalue weighted by atomic mass is 16.4. The molecular weight excluding hydrogens is 1610 g/mol. The maximum atomic E-state index is 6.36. The second-order valence-corrected chi connectivity index (χ2v) is 34.6. The van der Waals surface area contributed by atoms with E-state index in [1.54, 1.807) is 24.8 Å². The standard InChI is InChI=1S/C25H23N2O.C24H21N2O.C23H19N2O.2C22H17N2O/c1-15(2)17-11-13-27(4)21(14-17)22-16(3)18-8-5-6-9-19(18)23-20-10-7-12-26-25(20)28-24(22)23;1-4-16-11-13-26(3)20(14-16)21-15(2)17-8-5-6-9-18(17)22-19-10-7-12-25-24(19)27-23(21)22;1-14-10-12-25(3)19(13-14)20-15(2)16-7-4-5-8-17(16)21-18-9-6-11-24-23(18)26-22(20)21;1-14-15-8-3-4-9-16(15)20-21-18(11-7-12-23-21)25-22(20)19(14)17-10-5-6-13-24(17)2;1-14-15-7-3-4-8-16(15)21-17-13-23-11-10-19(17)25-22(21)20(14)18-9-5-6-12-24(18)2/h5-15H,1-4H3;5-14H,4H2,1-3H3;4-13H,1-3H3;2*3-13H,1-2H3/q5*+1. The van der Waals surface area contributed by atoms with E-state index < -0.39 is 0 Å². The molecule has 131 heavy (non-hydrogen) atoms. The van der Waals surface area contributed by atoms with Gasteiger partial charge in [0.05, 0.1) is 33.2 Å². The largest absolute Gasteiger partial charge is 0.455 e. The van der Waals surface area contributed by atoms with Crippen LogP contribution in [0.2, 0.25) is 0 Å². The van der Waals surface area contributed by atoms with E-state index in [0.717, 1.165) is 144 Å². The Morgan fingerprint density at radius 2 is 0.611 bits per heavy atom. The van der Waals surface area contributed by atoms with Gasteiger partial charge in [-0.15, -0.1) is 0 Å². The van der Waals surface area contributed by atoms with Gasteiger partial charge in [-0.05, 0) is 219 Å². The summed E-state index contributed by atoms with van der Waals surface area (Å²) in [5.41, 5.74) is 30.8. The molecule has 0 bridgehead atoms. The van der Waals surface area contributed by atoms with Gasteiger partial charge in [0.15, 0.2) is 58.9 Å². The van der Waals surface area contributed by atoms with Crippen molar-refractivity contribution in [1.82, 2.24) is 24.9 Å². The van der Waals surface area contributed by atoms with Crippen molar-refractivity contribution >= 4 is 164 Å². The van der Waals surface area contributed by atoms with E-state index in [2.05, 4.69) is 376 Å². The summed E-state index contributed by atoms with van der Waals surface area (Å²) in [6.07, 6.45) is 22.4. The van der Waals surface area contributed by atoms with Crippen LogP contribution in [0.3, 0.4) is 0 Å². The van der Waals surface area contributed by atoms with Gasteiger partial charge in [0, 0.05) is 141 Å². The summed E-state index contributed by atoms with van der Waals surface area (Å²) in [7, 11) is 10.4. The highest BCUT2D eigenvalue weighted by Gasteiger charge is 2.31. The summed E-state index contributed by atoms with van der Waals surface area (Å²) in [6.45, 7) is 19.7. The normalized spacial score (nSPS) is 11.7. The van der Waals surface area contributed by atoms with Gasteiger partial charge in [0.2, 0.25) is 45.6 Å². The molecule has 25 aromatic rings. The maximum Gasteiger partial charge on any atom is 0.227 e. The molecular formula is C116H97N10O5+5. The summed E-state index contributed by atoms with van der Waals surface area (Å²) < 4.78 is 42.4. The molecule has 0 spiro atoms. The molecule has 0 aliphatic carbocycles. The lowest BCUT2D eigenvalue weighted by atomic mass is 9.92. The minimum absolute atomic E-state index is 0.466. The van der Waals surface area contributed by atoms with Gasteiger partial charge in [-0.3, -0.25) is 9.97 Å². The first kappa shape index (κ1) is 82.0. The number of hydrogen-bond donors (Lipinski definition) is 0. The molecule has 0 aliphatic heterocycles. The van der Waals surface area contributed by atoms with Crippen LogP contribution in [0.15, 0.2) is 339 Å². The fourth-order valence-electron chi connectivity index (χ4n) is 19.8. The third-order valence-electron chi connectivity index (χ3n) is 26.5. The molecule has 0 fully saturated rings. The van der Waals surface area contributed by atoms with Crippen molar-refractivity contribution < 1.29 is 44.9 Å². The average Bonchev–Trinajstić information content (AvgIpc) is 1.62. The van der Waals surface area contributed by atoms with E-state index in [1.807, 2.05) is 60.9 Å². The van der Waals surface area contributed by atoms with Crippen LogP contribution in [-0.4, -0.2) is 24.9 Å². The molecule has 0 saturated heterocycles. The van der Waals surface area contributed by atoms with Gasteiger partial charge in [0.25, 0.3) is 0 Å². The molecule has 25 rings (SSSR count). The zero-order valence-electron chi connectivity index (χ0n) is 75.8. The fraction of sp³-hybridized carbons (Fsp3) is 0.138. The van der Waals surface area contributed by atoms with Gasteiger partial charge in [-0.1, -0.05) is 142 Å². The summed E-state index contributed by atoms with van der Waals surface area (Å²) in [6, 6.07) is 86.6. The SMILES string of the molecule is CCc1cc[n+](C)c(-c2c(C)c3ccccc3c3c2oc2ncccc23)c1.Cc1c(-c2cc(C(C)C)cc[n+]2C)c2oc3ncccc3c2c2ccccc12.Cc1c(-c2cccc[n+]2C)c2oc3cccnc3c2c2ccccc12.Cc1c(-c2cccc[n+]2C)c2oc3ccncc3c2c2ccccc12.Cc1cc[n+](C)c(-c2c(C)c3ccccc3c3c2oc2ncccc23)c1. The molecule has 0 radical (unpaired) electrons. The number of furan rings is 5. The monoisotopic (exact) mass is 1710 g/mol. The van der Waals surface area contributed by atoms with Crippen molar-refractivity contribution in [3.05, 3.63) is 361 Å². The number of rotatable bonds is 7. The predicted octanol–water partition coefficient (Wildman–Crippen LogP) is 26.7. The molecule has 15 nitrogen and oxygen atoms in total. The number of fused-ring (bicyclic) bond motifs is 25. The molecule has 15 heteroatoms. The first-order valence-electron chi connectivity index (χ1n) is 44.7. The quantitative estimate of drug-likeness (QED) is 0.141. The molecule has 15 aromatic heterocycles. The highest BCUT2D eigenvalue weighted by Crippen LogP contribution is 2.49. The van der Waals surface area contributed by atoms with Gasteiger partial charge in [0.1, 0.15) is 51.9 Å². The van der Waals surface area contributed by atoms with E-state index in [0.29, 0.717) is 23.1 Å². The molecule has 0 saturated carbocycles. The smallest absolute Gasteiger partial charge is 0.227 e. The molecule has 15 heterocycles. The lowest BCUT2D eigenvalue weighted by molar-refractivity contribution is -0.660. The van der Waals surface area contributed by atoms with Crippen LogP contribution in [0.1, 0.15) is 71.2 Å². The van der Waals surface area contributed by atoms with E-state index in [-0.39, 0.29) is 0 Å². The van der Waals surface area contributed by atoms with Crippen molar-refractivity contribution in [1.29, 1.82) is 0 Å². The van der Waals surface area contributed by atoms with Crippen LogP contribution in [0.5, 0.6) is 0 Å². The first-order chi connectivity index (χ1) is 63.9. The Labute approximate surface area is 756 Å². The average molecular weight is 1710 g/mol. The number of nitrogens with zero attached hydrogens (tertiary/aromatic N) is 10. The van der Waals surface area contributed by atoms with Gasteiger partial charge in [-0.25, -0.2) is 37.8 Å². The van der Waals surface area contributed by atoms with Crippen molar-refractivity contribution in [2.75, 3.05) is 0 Å². The number of benzene rings is 10. The Balaban J connectivity index is 0.0000000989. The van der Waals surface area contributed by atoms with Crippen molar-refractivity contribution in [2.24, 2.45) is 35.2 Å². The lowest BCUT2D eigenvalue weighted by Crippen LogP contribution is -2.31. The Kier molecular flexibility index (Phi) is 20.9. The van der Waals surface area contributed by atoms with E-state index in [1.165, 1.54) is 110 Å². The second-order valence-electron chi connectivity index (χ2n) is 34.6. The molecule has 0 N–H and O–H groups in total. The molecule has 0 unspecified atom stereocenters. The summed E-state index contributed by atoms with van der Waals surface area (Å²) in [4.78, 5) is 22.3. The fourth-order valence-corrected chi connectivity index (χ4v) is 19.8. The minimum Gasteiger partial charge on any atom is -0.455 e. The second kappa shape index (κ2) is 33.3. The summed E-state index contributed by atoms with van der Waals surface area (Å²) in [5.74, 6) is 0.466. The summed E-state index contributed by atoms with van der Waals surface area (Å²) in [5, 5.41) is 22.2. The Morgan fingerprint density at radius 3 is 1.05 bits per heavy atom. The molecule has 0 atom stereocenters. The Bertz CT molecular complexity index is 8740. The highest BCUT2D eigenvalue weighted by molar-refractivity contribution is 6.28. The molecule has 636 valence electrons. The Morgan fingerprint density at radius 1 is 0.275 bits per heavy atom. The van der Waals surface area contributed by atoms with Crippen LogP contribution in [-0.2, 0) is 41.7 Å². The number of aromatic nitrogens is 10. The molecule has 10 aromatic carbocycles. The maximum absolute atomic E-state index is 6.36. The first-order valence-corrected chi connectivity index (χ1v) is 44.7. The van der Waals surface area contributed by atoms with E-state index >= 15 is 0 Å². The van der Waals surface area contributed by atoms with Crippen LogP contribution in [0.4, 0.5) is 0 Å². The van der Waals surface area contributed by atoms with Crippen LogP contribution in [0, 0.1) is 41.5 Å². The predicted molar refractivity (Wildman–Crippen MR) is 530 cm³/mol. The lowest BCUT2D eigenvalue weighted by Gasteiger charge is -2.12. The minimum atomic E-state index is 0.466. The zero-order chi connectivity index (χ0) is 89.7. The number of aryl methyl sites for hydroxylation is 12. The van der Waals surface area contributed by atoms with E-state index in [9.17, 15) is 0 Å². The third-order valence-corrected chi connectivity index (χ3v) is 26.5. The molecule has 0 aliphatic rings. The third kappa shape index (κ3) is 13.9. The van der Waals surface area contributed by atoms with Gasteiger partial charge >= 0.3 is 0 Å². The van der Waals surface area contributed by atoms with Crippen molar-refractivity contribution in [3.8, 4) is 56.3 Å². The van der Waals surface area contributed by atoms with Crippen LogP contribution >= 0.6 is 0 Å². The Hall–Kier alpha value is -16.0. The van der Waals surface area contributed by atoms with Crippen LogP contribution in [0.25, 0.3) is 220 Å². The number of pyridine rings is 10. The molecule has 0 amide bonds. The van der Waals surface area contributed by atoms with E-state index in [4.69, 9.17) is 22.1 Å². The van der Waals surface area contributed by atoms with Crippen molar-refractivity contribution in [3.63, 3.8) is 0 Å². The number of hydrogen-bond acceptors (Lipinski definition) is 10. The van der Waals surface area contributed by atoms with Gasteiger partial charge < -0.3 is 22.1 Å². The van der Waals surface area contributed by atoms with Crippen LogP contribution < -0.4 is 22.8 Å². The zero-order valence-corrected chi connectivity index (χ0v) is 75.8. The topological polar surface area (TPSA) is 150 Å².